The highest BCUT2D eigenvalue weighted by Gasteiger charge is 2.44. The molecule has 25 heavy (non-hydrogen) atoms. The van der Waals surface area contributed by atoms with Gasteiger partial charge in [0.25, 0.3) is 0 Å². The van der Waals surface area contributed by atoms with E-state index in [2.05, 4.69) is 0 Å². The lowest BCUT2D eigenvalue weighted by molar-refractivity contribution is -0.142. The molecule has 1 unspecified atom stereocenters. The van der Waals surface area contributed by atoms with Crippen molar-refractivity contribution in [1.82, 2.24) is 10.0 Å². The van der Waals surface area contributed by atoms with E-state index in [1.54, 1.807) is 54.6 Å². The number of ether oxygens (including phenoxy) is 2. The molecule has 1 atom stereocenters. The molecule has 0 saturated carbocycles. The Bertz CT molecular complexity index is 838. The largest absolute Gasteiger partial charge is 0.496 e. The lowest BCUT2D eigenvalue weighted by Gasteiger charge is -2.37. The summed E-state index contributed by atoms with van der Waals surface area (Å²) in [5.74, 6) is -1.93. The second-order valence-corrected chi connectivity index (χ2v) is 5.84. The van der Waals surface area contributed by atoms with Crippen LogP contribution < -0.4 is 4.74 Å². The molecule has 7 heteroatoms. The molecule has 0 saturated heterocycles. The van der Waals surface area contributed by atoms with Gasteiger partial charge in [0.15, 0.2) is 5.78 Å². The SMILES string of the molecule is COC(=O)C1C=CN(N(C)C)C2=C1C(=O)c1cccc(OC)c1C2=O. The highest BCUT2D eigenvalue weighted by atomic mass is 16.5. The van der Waals surface area contributed by atoms with Gasteiger partial charge < -0.3 is 9.47 Å². The molecular formula is C18H18N2O5. The van der Waals surface area contributed by atoms with Crippen molar-refractivity contribution >= 4 is 17.5 Å². The molecule has 130 valence electrons. The molecular weight excluding hydrogens is 324 g/mol. The van der Waals surface area contributed by atoms with Gasteiger partial charge in [0, 0.05) is 31.4 Å². The normalized spacial score (nSPS) is 19.1. The molecule has 0 fully saturated rings. The van der Waals surface area contributed by atoms with E-state index in [0.717, 1.165) is 0 Å². The van der Waals surface area contributed by atoms with E-state index in [4.69, 9.17) is 9.47 Å². The van der Waals surface area contributed by atoms with Gasteiger partial charge >= 0.3 is 5.97 Å². The molecule has 0 N–H and O–H groups in total. The van der Waals surface area contributed by atoms with Crippen molar-refractivity contribution < 1.29 is 23.9 Å². The monoisotopic (exact) mass is 342 g/mol. The topological polar surface area (TPSA) is 76.2 Å². The Labute approximate surface area is 145 Å². The van der Waals surface area contributed by atoms with Crippen LogP contribution in [0, 0.1) is 5.92 Å². The summed E-state index contributed by atoms with van der Waals surface area (Å²) in [6.07, 6.45) is 3.15. The molecule has 1 aliphatic carbocycles. The molecule has 7 nitrogen and oxygen atoms in total. The van der Waals surface area contributed by atoms with Crippen LogP contribution >= 0.6 is 0 Å². The number of allylic oxidation sites excluding steroid dienone is 1. The number of fused-ring (bicyclic) bond motifs is 1. The number of ketones is 2. The minimum absolute atomic E-state index is 0.119. The van der Waals surface area contributed by atoms with Crippen molar-refractivity contribution in [2.24, 2.45) is 5.92 Å². The molecule has 0 bridgehead atoms. The number of benzene rings is 1. The summed E-state index contributed by atoms with van der Waals surface area (Å²) in [7, 11) is 6.17. The Hall–Kier alpha value is -2.93. The highest BCUT2D eigenvalue weighted by molar-refractivity contribution is 6.29. The van der Waals surface area contributed by atoms with Crippen LogP contribution in [0.15, 0.2) is 41.7 Å². The number of carbonyl (C=O) groups excluding carboxylic acids is 3. The van der Waals surface area contributed by atoms with Crippen LogP contribution in [0.2, 0.25) is 0 Å². The van der Waals surface area contributed by atoms with Crippen LogP contribution in [-0.4, -0.2) is 55.9 Å². The predicted molar refractivity (Wildman–Crippen MR) is 88.9 cm³/mol. The average molecular weight is 342 g/mol. The third-order valence-electron chi connectivity index (χ3n) is 4.28. The first-order chi connectivity index (χ1) is 11.9. The molecule has 0 aromatic heterocycles. The van der Waals surface area contributed by atoms with Gasteiger partial charge in [-0.25, -0.2) is 5.01 Å². The molecule has 1 aliphatic heterocycles. The molecule has 0 radical (unpaired) electrons. The van der Waals surface area contributed by atoms with E-state index in [-0.39, 0.29) is 34.0 Å². The number of hydrazine groups is 1. The fraction of sp³-hybridized carbons (Fsp3) is 0.278. The number of esters is 1. The summed E-state index contributed by atoms with van der Waals surface area (Å²) < 4.78 is 10.1. The fourth-order valence-electron chi connectivity index (χ4n) is 3.13. The van der Waals surface area contributed by atoms with Crippen LogP contribution in [0.3, 0.4) is 0 Å². The average Bonchev–Trinajstić information content (AvgIpc) is 2.63. The third-order valence-corrected chi connectivity index (χ3v) is 4.28. The van der Waals surface area contributed by atoms with E-state index < -0.39 is 11.9 Å². The van der Waals surface area contributed by atoms with E-state index in [1.165, 1.54) is 14.2 Å². The first-order valence-corrected chi connectivity index (χ1v) is 7.65. The molecule has 1 aromatic carbocycles. The molecule has 1 heterocycles. The van der Waals surface area contributed by atoms with Crippen molar-refractivity contribution in [3.05, 3.63) is 52.9 Å². The summed E-state index contributed by atoms with van der Waals surface area (Å²) in [6.45, 7) is 0. The Balaban J connectivity index is 2.27. The molecule has 2 aliphatic rings. The zero-order valence-corrected chi connectivity index (χ0v) is 14.4. The van der Waals surface area contributed by atoms with Gasteiger partial charge in [0.05, 0.1) is 19.8 Å². The first-order valence-electron chi connectivity index (χ1n) is 7.65. The van der Waals surface area contributed by atoms with Crippen LogP contribution in [0.25, 0.3) is 0 Å². The number of carbonyl (C=O) groups is 3. The van der Waals surface area contributed by atoms with Gasteiger partial charge in [-0.3, -0.25) is 19.4 Å². The standard InChI is InChI=1S/C18H18N2O5/c1-19(2)20-9-8-11(18(23)25-4)14-15(20)17(22)13-10(16(14)21)6-5-7-12(13)24-3/h5-9,11H,1-4H3. The summed E-state index contributed by atoms with van der Waals surface area (Å²) in [5, 5.41) is 3.20. The van der Waals surface area contributed by atoms with Crippen molar-refractivity contribution in [3.63, 3.8) is 0 Å². The maximum atomic E-state index is 13.2. The minimum Gasteiger partial charge on any atom is -0.496 e. The Morgan fingerprint density at radius 1 is 1.16 bits per heavy atom. The number of rotatable bonds is 3. The van der Waals surface area contributed by atoms with E-state index in [1.807, 2.05) is 0 Å². The van der Waals surface area contributed by atoms with Gasteiger partial charge in [0.1, 0.15) is 17.4 Å². The van der Waals surface area contributed by atoms with Gasteiger partial charge in [-0.2, -0.15) is 0 Å². The molecule has 3 rings (SSSR count). The Morgan fingerprint density at radius 2 is 1.88 bits per heavy atom. The second kappa shape index (κ2) is 6.18. The smallest absolute Gasteiger partial charge is 0.317 e. The van der Waals surface area contributed by atoms with Gasteiger partial charge in [0.2, 0.25) is 5.78 Å². The maximum absolute atomic E-state index is 13.2. The van der Waals surface area contributed by atoms with Crippen molar-refractivity contribution in [1.29, 1.82) is 0 Å². The van der Waals surface area contributed by atoms with Crippen LogP contribution in [0.5, 0.6) is 5.75 Å². The highest BCUT2D eigenvalue weighted by Crippen LogP contribution is 2.39. The summed E-state index contributed by atoms with van der Waals surface area (Å²) in [5.41, 5.74) is 0.698. The Morgan fingerprint density at radius 3 is 2.48 bits per heavy atom. The summed E-state index contributed by atoms with van der Waals surface area (Å²) >= 11 is 0. The van der Waals surface area contributed by atoms with Gasteiger partial charge in [-0.1, -0.05) is 12.1 Å². The van der Waals surface area contributed by atoms with Crippen molar-refractivity contribution in [3.8, 4) is 5.75 Å². The van der Waals surface area contributed by atoms with E-state index >= 15 is 0 Å². The molecule has 0 amide bonds. The van der Waals surface area contributed by atoms with E-state index in [0.29, 0.717) is 5.75 Å². The summed E-state index contributed by atoms with van der Waals surface area (Å²) in [6, 6.07) is 4.84. The van der Waals surface area contributed by atoms with Gasteiger partial charge in [-0.05, 0) is 12.1 Å². The number of hydrogen-bond donors (Lipinski definition) is 0. The first kappa shape index (κ1) is 16.9. The van der Waals surface area contributed by atoms with Crippen LogP contribution in [0.4, 0.5) is 0 Å². The number of nitrogens with zero attached hydrogens (tertiary/aromatic N) is 2. The number of methoxy groups -OCH3 is 2. The zero-order valence-electron chi connectivity index (χ0n) is 14.4. The van der Waals surface area contributed by atoms with Crippen LogP contribution in [-0.2, 0) is 9.53 Å². The number of hydrogen-bond acceptors (Lipinski definition) is 7. The van der Waals surface area contributed by atoms with Crippen molar-refractivity contribution in [2.75, 3.05) is 28.3 Å². The van der Waals surface area contributed by atoms with Gasteiger partial charge in [-0.15, -0.1) is 0 Å². The quantitative estimate of drug-likeness (QED) is 0.769. The lowest BCUT2D eigenvalue weighted by Crippen LogP contribution is -2.43. The zero-order chi connectivity index (χ0) is 18.3. The summed E-state index contributed by atoms with van der Waals surface area (Å²) in [4.78, 5) is 38.5. The Kier molecular flexibility index (Phi) is 4.18. The molecule has 0 spiro atoms. The maximum Gasteiger partial charge on any atom is 0.317 e. The van der Waals surface area contributed by atoms with Crippen molar-refractivity contribution in [2.45, 2.75) is 0 Å². The lowest BCUT2D eigenvalue weighted by atomic mass is 9.79. The van der Waals surface area contributed by atoms with E-state index in [9.17, 15) is 14.4 Å². The third kappa shape index (κ3) is 2.44. The minimum atomic E-state index is -0.924. The van der Waals surface area contributed by atoms with Crippen LogP contribution in [0.1, 0.15) is 20.7 Å². The second-order valence-electron chi connectivity index (χ2n) is 5.84. The predicted octanol–water partition coefficient (Wildman–Crippen LogP) is 1.42. The fourth-order valence-corrected chi connectivity index (χ4v) is 3.13. The number of Topliss-reactive ketones (excluding diaryl/α,β-unsaturated/α-hetero) is 2. The molecule has 1 aromatic rings.